The molecule has 0 saturated heterocycles. The van der Waals surface area contributed by atoms with E-state index in [0.29, 0.717) is 11.1 Å². The van der Waals surface area contributed by atoms with Crippen molar-refractivity contribution in [2.45, 2.75) is 86.5 Å². The molecule has 424 valence electrons. The Morgan fingerprint density at radius 3 is 1.52 bits per heavy atom. The molecule has 1 unspecified atom stereocenters. The highest BCUT2D eigenvalue weighted by Gasteiger charge is 2.37. The molecule has 0 bridgehead atoms. The zero-order valence-electron chi connectivity index (χ0n) is 51.3. The molecule has 0 spiro atoms. The van der Waals surface area contributed by atoms with E-state index in [9.17, 15) is 10.5 Å². The quantitative estimate of drug-likeness (QED) is 0.128. The van der Waals surface area contributed by atoms with Crippen molar-refractivity contribution in [2.75, 3.05) is 0 Å². The van der Waals surface area contributed by atoms with Crippen molar-refractivity contribution in [3.05, 3.63) is 262 Å². The van der Waals surface area contributed by atoms with Gasteiger partial charge in [0.2, 0.25) is 0 Å². The number of nitrogens with zero attached hydrogens (tertiary/aromatic N) is 5. The summed E-state index contributed by atoms with van der Waals surface area (Å²) in [5, 5.41) is 27.1. The minimum atomic E-state index is -0.0335. The normalized spacial score (nSPS) is 12.6. The maximum Gasteiger partial charge on any atom is 0.251 e. The van der Waals surface area contributed by atoms with E-state index in [2.05, 4.69) is 258 Å². The maximum absolute atomic E-state index is 10.1. The van der Waals surface area contributed by atoms with Gasteiger partial charge in [0.15, 0.2) is 0 Å². The second-order valence-corrected chi connectivity index (χ2v) is 25.4. The minimum Gasteiger partial charge on any atom is -0.458 e. The van der Waals surface area contributed by atoms with E-state index in [4.69, 9.17) is 4.74 Å². The molecular weight excluding hydrogens is 1070 g/mol. The molecule has 1 aliphatic heterocycles. The Kier molecular flexibility index (Phi) is 12.9. The predicted octanol–water partition coefficient (Wildman–Crippen LogP) is 18.8. The summed E-state index contributed by atoms with van der Waals surface area (Å²) in [7, 11) is 0. The third-order valence-corrected chi connectivity index (χ3v) is 18.9. The van der Waals surface area contributed by atoms with Crippen molar-refractivity contribution in [3.8, 4) is 51.8 Å². The zero-order valence-corrected chi connectivity index (χ0v) is 51.3. The minimum absolute atomic E-state index is 0.0335. The van der Waals surface area contributed by atoms with E-state index in [1.54, 1.807) is 0 Å². The SMILES string of the molecule is Cc1cc(C)c2c(c1)c1cc(C)cc(C)c1n2-c1ccc2c(c1)Oc1ccccc1B2c1c(C(C)C)cc(C(C)Cc2ccc3c(c2)c2cc(-c4ccc5c(c4)c4ccccc4n5-c4cccc(C#N)c4)ccc2n3-c2cccc(C#N)c2)cc1C(C)C. The van der Waals surface area contributed by atoms with Gasteiger partial charge in [-0.15, -0.1) is 0 Å². The van der Waals surface area contributed by atoms with E-state index in [0.717, 1.165) is 84.3 Å². The van der Waals surface area contributed by atoms with Gasteiger partial charge in [-0.05, 0) is 210 Å². The van der Waals surface area contributed by atoms with Gasteiger partial charge in [-0.1, -0.05) is 148 Å². The van der Waals surface area contributed by atoms with Gasteiger partial charge < -0.3 is 18.4 Å². The molecule has 0 saturated carbocycles. The van der Waals surface area contributed by atoms with Crippen LogP contribution in [-0.4, -0.2) is 20.4 Å². The third kappa shape index (κ3) is 8.74. The van der Waals surface area contributed by atoms with E-state index >= 15 is 0 Å². The van der Waals surface area contributed by atoms with Crippen LogP contribution in [-0.2, 0) is 6.42 Å². The summed E-state index contributed by atoms with van der Waals surface area (Å²) in [4.78, 5) is 0. The monoisotopic (exact) mass is 1140 g/mol. The lowest BCUT2D eigenvalue weighted by atomic mass is 9.34. The molecule has 0 N–H and O–H groups in total. The number of hydrogen-bond acceptors (Lipinski definition) is 3. The number of nitriles is 2. The average Bonchev–Trinajstić information content (AvgIpc) is 1.58. The van der Waals surface area contributed by atoms with E-state index in [1.165, 1.54) is 88.1 Å². The Morgan fingerprint density at radius 1 is 0.420 bits per heavy atom. The van der Waals surface area contributed by atoms with Crippen molar-refractivity contribution >= 4 is 88.5 Å². The van der Waals surface area contributed by atoms with Gasteiger partial charge in [0.05, 0.1) is 56.4 Å². The van der Waals surface area contributed by atoms with Gasteiger partial charge in [0.25, 0.3) is 6.71 Å². The molecule has 0 amide bonds. The molecule has 1 atom stereocenters. The van der Waals surface area contributed by atoms with Gasteiger partial charge >= 0.3 is 0 Å². The maximum atomic E-state index is 10.1. The van der Waals surface area contributed by atoms with Crippen molar-refractivity contribution in [3.63, 3.8) is 0 Å². The molecule has 14 aromatic rings. The first kappa shape index (κ1) is 54.3. The van der Waals surface area contributed by atoms with E-state index < -0.39 is 0 Å². The van der Waals surface area contributed by atoms with Crippen LogP contribution in [0.2, 0.25) is 0 Å². The molecule has 0 aliphatic carbocycles. The van der Waals surface area contributed by atoms with Gasteiger partial charge in [0, 0.05) is 55.4 Å². The van der Waals surface area contributed by atoms with Crippen LogP contribution < -0.4 is 21.1 Å². The first-order valence-corrected chi connectivity index (χ1v) is 31.0. The molecule has 7 heteroatoms. The van der Waals surface area contributed by atoms with Crippen molar-refractivity contribution in [2.24, 2.45) is 0 Å². The summed E-state index contributed by atoms with van der Waals surface area (Å²) < 4.78 is 14.1. The Morgan fingerprint density at radius 2 is 0.932 bits per heavy atom. The number of aromatic nitrogens is 3. The second-order valence-electron chi connectivity index (χ2n) is 25.4. The number of hydrogen-bond donors (Lipinski definition) is 0. The second kappa shape index (κ2) is 21.0. The van der Waals surface area contributed by atoms with Crippen molar-refractivity contribution < 1.29 is 4.74 Å². The van der Waals surface area contributed by atoms with Crippen LogP contribution in [0.15, 0.2) is 206 Å². The summed E-state index contributed by atoms with van der Waals surface area (Å²) in [5.74, 6) is 2.52. The fourth-order valence-electron chi connectivity index (χ4n) is 15.0. The third-order valence-electron chi connectivity index (χ3n) is 18.9. The highest BCUT2D eigenvalue weighted by atomic mass is 16.5. The molecule has 11 aromatic carbocycles. The Bertz CT molecular complexity index is 5250. The molecule has 3 aromatic heterocycles. The molecule has 88 heavy (non-hydrogen) atoms. The summed E-state index contributed by atoms with van der Waals surface area (Å²) in [6.45, 7) is 20.7. The van der Waals surface area contributed by atoms with E-state index in [1.807, 2.05) is 36.4 Å². The molecule has 0 fully saturated rings. The molecular formula is C81H66BN5O. The fourth-order valence-corrected chi connectivity index (χ4v) is 15.0. The van der Waals surface area contributed by atoms with Gasteiger partial charge in [-0.2, -0.15) is 10.5 Å². The molecule has 6 nitrogen and oxygen atoms in total. The number of aryl methyl sites for hydroxylation is 4. The first-order chi connectivity index (χ1) is 42.7. The number of ether oxygens (including phenoxy) is 1. The smallest absolute Gasteiger partial charge is 0.251 e. The van der Waals surface area contributed by atoms with Crippen molar-refractivity contribution in [1.82, 2.24) is 13.7 Å². The standard InChI is InChI=1S/C81H66BN5O/c1-47(2)64-42-59(43-65(48(3)4)79(64)82-71-21-11-13-23-77(71)88-78-44-62(27-28-72(78)82)87-80-52(8)32-49(5)34-69(80)70-35-50(6)33-53(9)81(70)87)51(7)36-54-24-29-74-66(39-54)68-41-58(26-31-76(68)86(74)61-19-15-17-56(38-61)46-84)57-25-30-75-67(40-57)63-20-10-12-22-73(63)85(75)60-18-14-16-55(37-60)45-83/h10-35,37-44,47-48,51H,36H2,1-9H3. The lowest BCUT2D eigenvalue weighted by Crippen LogP contribution is -2.57. The summed E-state index contributed by atoms with van der Waals surface area (Å²) in [6, 6.07) is 79.7. The molecule has 1 aliphatic rings. The van der Waals surface area contributed by atoms with Gasteiger partial charge in [0.1, 0.15) is 11.5 Å². The molecule has 15 rings (SSSR count). The Hall–Kier alpha value is -10.3. The van der Waals surface area contributed by atoms with Gasteiger partial charge in [-0.3, -0.25) is 0 Å². The topological polar surface area (TPSA) is 71.6 Å². The van der Waals surface area contributed by atoms with Gasteiger partial charge in [-0.25, -0.2) is 0 Å². The highest BCUT2D eigenvalue weighted by Crippen LogP contribution is 2.42. The van der Waals surface area contributed by atoms with Crippen LogP contribution in [0.25, 0.3) is 93.6 Å². The Balaban J connectivity index is 0.831. The summed E-state index contributed by atoms with van der Waals surface area (Å²) in [5.41, 5.74) is 27.6. The number of rotatable bonds is 10. The van der Waals surface area contributed by atoms with E-state index in [-0.39, 0.29) is 24.5 Å². The lowest BCUT2D eigenvalue weighted by molar-refractivity contribution is 0.487. The largest absolute Gasteiger partial charge is 0.458 e. The lowest BCUT2D eigenvalue weighted by Gasteiger charge is -2.32. The summed E-state index contributed by atoms with van der Waals surface area (Å²) in [6.07, 6.45) is 0.852. The van der Waals surface area contributed by atoms with Crippen LogP contribution in [0.5, 0.6) is 11.5 Å². The highest BCUT2D eigenvalue weighted by molar-refractivity contribution is 6.97. The first-order valence-electron chi connectivity index (χ1n) is 31.0. The Labute approximate surface area is 514 Å². The average molecular weight is 1140 g/mol. The van der Waals surface area contributed by atoms with Crippen molar-refractivity contribution in [1.29, 1.82) is 10.5 Å². The predicted molar refractivity (Wildman–Crippen MR) is 368 cm³/mol. The fraction of sp³-hybridized carbons (Fsp3) is 0.160. The number of benzene rings is 11. The van der Waals surface area contributed by atoms with Crippen LogP contribution in [0.1, 0.15) is 108 Å². The number of fused-ring (bicyclic) bond motifs is 11. The molecule has 0 radical (unpaired) electrons. The van der Waals surface area contributed by atoms with Crippen LogP contribution in [0, 0.1) is 50.4 Å². The summed E-state index contributed by atoms with van der Waals surface area (Å²) >= 11 is 0. The van der Waals surface area contributed by atoms with Crippen LogP contribution in [0.3, 0.4) is 0 Å². The zero-order chi connectivity index (χ0) is 60.4. The number of para-hydroxylation sites is 2. The van der Waals surface area contributed by atoms with Crippen LogP contribution in [0.4, 0.5) is 0 Å². The molecule has 4 heterocycles. The van der Waals surface area contributed by atoms with Crippen LogP contribution >= 0.6 is 0 Å².